The number of carbonyl (C=O) groups is 1. The largest absolute Gasteiger partial charge is 0.325 e. The van der Waals surface area contributed by atoms with Gasteiger partial charge in [-0.25, -0.2) is 8.42 Å². The molecule has 9 heteroatoms. The van der Waals surface area contributed by atoms with Crippen molar-refractivity contribution in [2.45, 2.75) is 24.4 Å². The molecule has 1 aromatic heterocycles. The molecule has 2 heterocycles. The SMILES string of the molecule is Cn1c(CC2CCS(=O)(=O)C2)nnc1SCC(=O)Nc1ccccc1Cc1ccccc1. The van der Waals surface area contributed by atoms with Gasteiger partial charge in [-0.2, -0.15) is 0 Å². The van der Waals surface area contributed by atoms with Gasteiger partial charge in [-0.3, -0.25) is 4.79 Å². The van der Waals surface area contributed by atoms with E-state index in [1.807, 2.05) is 54.1 Å². The van der Waals surface area contributed by atoms with Crippen LogP contribution in [0.25, 0.3) is 0 Å². The number of para-hydroxylation sites is 1. The van der Waals surface area contributed by atoms with Crippen LogP contribution < -0.4 is 5.32 Å². The first-order chi connectivity index (χ1) is 15.4. The van der Waals surface area contributed by atoms with Crippen LogP contribution in [0, 0.1) is 5.92 Å². The Morgan fingerprint density at radius 3 is 2.62 bits per heavy atom. The predicted molar refractivity (Wildman–Crippen MR) is 127 cm³/mol. The first-order valence-electron chi connectivity index (χ1n) is 10.5. The molecule has 3 aromatic rings. The van der Waals surface area contributed by atoms with Crippen molar-refractivity contribution in [1.82, 2.24) is 14.8 Å². The van der Waals surface area contributed by atoms with Gasteiger partial charge in [-0.15, -0.1) is 10.2 Å². The van der Waals surface area contributed by atoms with Crippen LogP contribution >= 0.6 is 11.8 Å². The molecule has 2 aromatic carbocycles. The molecule has 0 aliphatic carbocycles. The van der Waals surface area contributed by atoms with Gasteiger partial charge in [-0.1, -0.05) is 60.3 Å². The Hall–Kier alpha value is -2.65. The summed E-state index contributed by atoms with van der Waals surface area (Å²) in [6.45, 7) is 0. The van der Waals surface area contributed by atoms with E-state index >= 15 is 0 Å². The maximum atomic E-state index is 12.6. The lowest BCUT2D eigenvalue weighted by Gasteiger charge is -2.11. The Kier molecular flexibility index (Phi) is 6.95. The van der Waals surface area contributed by atoms with E-state index in [0.717, 1.165) is 23.5 Å². The highest BCUT2D eigenvalue weighted by molar-refractivity contribution is 7.99. The number of hydrogen-bond donors (Lipinski definition) is 1. The van der Waals surface area contributed by atoms with E-state index in [2.05, 4.69) is 27.6 Å². The summed E-state index contributed by atoms with van der Waals surface area (Å²) >= 11 is 1.32. The molecular weight excluding hydrogens is 444 g/mol. The molecule has 0 bridgehead atoms. The van der Waals surface area contributed by atoms with Gasteiger partial charge in [0.25, 0.3) is 0 Å². The number of sulfone groups is 1. The number of amides is 1. The second-order valence-electron chi connectivity index (χ2n) is 8.09. The fraction of sp³-hybridized carbons (Fsp3) is 0.348. The highest BCUT2D eigenvalue weighted by Gasteiger charge is 2.29. The zero-order valence-corrected chi connectivity index (χ0v) is 19.5. The van der Waals surface area contributed by atoms with Crippen molar-refractivity contribution in [1.29, 1.82) is 0 Å². The quantitative estimate of drug-likeness (QED) is 0.509. The van der Waals surface area contributed by atoms with E-state index in [-0.39, 0.29) is 29.1 Å². The number of benzene rings is 2. The zero-order chi connectivity index (χ0) is 22.6. The van der Waals surface area contributed by atoms with Crippen molar-refractivity contribution in [3.05, 3.63) is 71.5 Å². The van der Waals surface area contributed by atoms with Crippen LogP contribution in [0.15, 0.2) is 59.8 Å². The van der Waals surface area contributed by atoms with Crippen LogP contribution in [0.5, 0.6) is 0 Å². The van der Waals surface area contributed by atoms with Gasteiger partial charge in [-0.05, 0) is 36.0 Å². The third-order valence-corrected chi connectivity index (χ3v) is 8.44. The fourth-order valence-electron chi connectivity index (χ4n) is 3.87. The number of nitrogens with one attached hydrogen (secondary N) is 1. The molecule has 1 aliphatic heterocycles. The Balaban J connectivity index is 1.34. The summed E-state index contributed by atoms with van der Waals surface area (Å²) < 4.78 is 25.2. The van der Waals surface area contributed by atoms with E-state index in [9.17, 15) is 13.2 Å². The Bertz CT molecular complexity index is 1190. The van der Waals surface area contributed by atoms with E-state index in [1.165, 1.54) is 17.3 Å². The minimum atomic E-state index is -2.91. The van der Waals surface area contributed by atoms with Gasteiger partial charge in [0, 0.05) is 19.2 Å². The maximum Gasteiger partial charge on any atom is 0.234 e. The number of carbonyl (C=O) groups excluding carboxylic acids is 1. The number of thioether (sulfide) groups is 1. The van der Waals surface area contributed by atoms with Crippen LogP contribution in [0.1, 0.15) is 23.4 Å². The van der Waals surface area contributed by atoms with Crippen LogP contribution in [0.3, 0.4) is 0 Å². The monoisotopic (exact) mass is 470 g/mol. The number of aromatic nitrogens is 3. The lowest BCUT2D eigenvalue weighted by Crippen LogP contribution is -2.16. The summed E-state index contributed by atoms with van der Waals surface area (Å²) in [5.74, 6) is 1.41. The second-order valence-corrected chi connectivity index (χ2v) is 11.3. The van der Waals surface area contributed by atoms with Crippen molar-refractivity contribution in [3.8, 4) is 0 Å². The van der Waals surface area contributed by atoms with Crippen molar-refractivity contribution in [2.24, 2.45) is 13.0 Å². The maximum absolute atomic E-state index is 12.6. The van der Waals surface area contributed by atoms with Crippen LogP contribution in [0.4, 0.5) is 5.69 Å². The number of hydrogen-bond acceptors (Lipinski definition) is 6. The van der Waals surface area contributed by atoms with Gasteiger partial charge >= 0.3 is 0 Å². The Morgan fingerprint density at radius 2 is 1.88 bits per heavy atom. The molecule has 7 nitrogen and oxygen atoms in total. The fourth-order valence-corrected chi connectivity index (χ4v) is 6.46. The van der Waals surface area contributed by atoms with E-state index < -0.39 is 9.84 Å². The molecule has 0 spiro atoms. The molecule has 1 N–H and O–H groups in total. The molecule has 168 valence electrons. The molecule has 1 fully saturated rings. The molecule has 32 heavy (non-hydrogen) atoms. The van der Waals surface area contributed by atoms with Crippen LogP contribution in [0.2, 0.25) is 0 Å². The second kappa shape index (κ2) is 9.87. The summed E-state index contributed by atoms with van der Waals surface area (Å²) in [6.07, 6.45) is 2.00. The first-order valence-corrected chi connectivity index (χ1v) is 13.3. The van der Waals surface area contributed by atoms with E-state index in [4.69, 9.17) is 0 Å². The van der Waals surface area contributed by atoms with Crippen LogP contribution in [-0.4, -0.2) is 46.3 Å². The number of nitrogens with zero attached hydrogens (tertiary/aromatic N) is 3. The average molecular weight is 471 g/mol. The molecule has 0 saturated carbocycles. The molecule has 1 amide bonds. The Morgan fingerprint density at radius 1 is 1.12 bits per heavy atom. The zero-order valence-electron chi connectivity index (χ0n) is 17.9. The molecule has 0 radical (unpaired) electrons. The normalized spacial score (nSPS) is 17.3. The third kappa shape index (κ3) is 5.77. The molecular formula is C23H26N4O3S2. The highest BCUT2D eigenvalue weighted by atomic mass is 32.2. The third-order valence-electron chi connectivity index (χ3n) is 5.58. The standard InChI is InChI=1S/C23H26N4O3S2/c1-27-21(14-18-11-12-32(29,30)16-18)25-26-23(27)31-15-22(28)24-20-10-6-5-9-19(20)13-17-7-3-2-4-8-17/h2-10,18H,11-16H2,1H3,(H,24,28). The molecule has 4 rings (SSSR count). The Labute approximate surface area is 192 Å². The first kappa shape index (κ1) is 22.5. The van der Waals surface area contributed by atoms with Crippen molar-refractivity contribution >= 4 is 33.2 Å². The molecule has 1 saturated heterocycles. The summed E-state index contributed by atoms with van der Waals surface area (Å²) in [5, 5.41) is 12.1. The minimum Gasteiger partial charge on any atom is -0.325 e. The van der Waals surface area contributed by atoms with Gasteiger partial charge in [0.2, 0.25) is 5.91 Å². The van der Waals surface area contributed by atoms with Gasteiger partial charge in [0.05, 0.1) is 17.3 Å². The van der Waals surface area contributed by atoms with Gasteiger partial charge < -0.3 is 9.88 Å². The molecule has 1 aliphatic rings. The highest BCUT2D eigenvalue weighted by Crippen LogP contribution is 2.24. The van der Waals surface area contributed by atoms with Gasteiger partial charge in [0.1, 0.15) is 5.82 Å². The van der Waals surface area contributed by atoms with Crippen LogP contribution in [-0.2, 0) is 34.5 Å². The molecule has 1 atom stereocenters. The predicted octanol–water partition coefficient (Wildman–Crippen LogP) is 3.11. The minimum absolute atomic E-state index is 0.0881. The van der Waals surface area contributed by atoms with Gasteiger partial charge in [0.15, 0.2) is 15.0 Å². The topological polar surface area (TPSA) is 93.9 Å². The smallest absolute Gasteiger partial charge is 0.234 e. The summed E-state index contributed by atoms with van der Waals surface area (Å²) in [4.78, 5) is 12.6. The van der Waals surface area contributed by atoms with Crippen molar-refractivity contribution in [3.63, 3.8) is 0 Å². The summed E-state index contributed by atoms with van der Waals surface area (Å²) in [7, 11) is -1.06. The average Bonchev–Trinajstić information content (AvgIpc) is 3.30. The summed E-state index contributed by atoms with van der Waals surface area (Å²) in [5.41, 5.74) is 3.05. The lowest BCUT2D eigenvalue weighted by molar-refractivity contribution is -0.113. The number of anilines is 1. The molecule has 1 unspecified atom stereocenters. The summed E-state index contributed by atoms with van der Waals surface area (Å²) in [6, 6.07) is 18.0. The van der Waals surface area contributed by atoms with Crippen molar-refractivity contribution in [2.75, 3.05) is 22.6 Å². The van der Waals surface area contributed by atoms with E-state index in [1.54, 1.807) is 0 Å². The van der Waals surface area contributed by atoms with Crippen molar-refractivity contribution < 1.29 is 13.2 Å². The lowest BCUT2D eigenvalue weighted by atomic mass is 10.0. The van der Waals surface area contributed by atoms with E-state index in [0.29, 0.717) is 18.0 Å². The number of rotatable bonds is 8.